The number of ether oxygens (including phenoxy) is 1. The normalized spacial score (nSPS) is 11.8. The van der Waals surface area contributed by atoms with E-state index in [9.17, 15) is 9.18 Å². The molecule has 0 radical (unpaired) electrons. The topological polar surface area (TPSA) is 42.4 Å². The largest absolute Gasteiger partial charge is 0.497 e. The van der Waals surface area contributed by atoms with Crippen molar-refractivity contribution in [2.45, 2.75) is 13.3 Å². The molecule has 0 N–H and O–H groups in total. The molecule has 0 bridgehead atoms. The van der Waals surface area contributed by atoms with E-state index in [1.165, 1.54) is 17.8 Å². The number of rotatable bonds is 6. The smallest absolute Gasteiger partial charge is 0.255 e. The molecule has 122 valence electrons. The Morgan fingerprint density at radius 1 is 1.30 bits per heavy atom. The highest BCUT2D eigenvalue weighted by molar-refractivity contribution is 5.93. The van der Waals surface area contributed by atoms with Crippen LogP contribution in [0.2, 0.25) is 0 Å². The van der Waals surface area contributed by atoms with E-state index < -0.39 is 5.82 Å². The predicted octanol–water partition coefficient (Wildman–Crippen LogP) is 3.18. The molecule has 2 aromatic rings. The third kappa shape index (κ3) is 4.77. The molecule has 0 saturated carbocycles. The Bertz CT molecular complexity index is 658. The molecule has 23 heavy (non-hydrogen) atoms. The zero-order valence-corrected chi connectivity index (χ0v) is 13.6. The molecular formula is C18H21FN2O2. The van der Waals surface area contributed by atoms with Gasteiger partial charge in [-0.1, -0.05) is 19.1 Å². The number of hydrogen-bond acceptors (Lipinski definition) is 3. The van der Waals surface area contributed by atoms with E-state index in [0.717, 1.165) is 18.4 Å². The number of carbonyl (C=O) groups is 1. The van der Waals surface area contributed by atoms with Crippen LogP contribution in [0.4, 0.5) is 4.39 Å². The van der Waals surface area contributed by atoms with Gasteiger partial charge < -0.3 is 9.64 Å². The number of hydrogen-bond donors (Lipinski definition) is 0. The molecule has 2 rings (SSSR count). The molecular weight excluding hydrogens is 295 g/mol. The van der Waals surface area contributed by atoms with Crippen LogP contribution in [0, 0.1) is 11.7 Å². The first-order valence-corrected chi connectivity index (χ1v) is 7.48. The molecule has 1 unspecified atom stereocenters. The highest BCUT2D eigenvalue weighted by Crippen LogP contribution is 2.15. The minimum absolute atomic E-state index is 0.224. The molecule has 0 saturated heterocycles. The molecule has 1 amide bonds. The van der Waals surface area contributed by atoms with Gasteiger partial charge in [-0.15, -0.1) is 0 Å². The van der Waals surface area contributed by atoms with Crippen molar-refractivity contribution in [3.8, 4) is 5.75 Å². The molecule has 5 heteroatoms. The highest BCUT2D eigenvalue weighted by atomic mass is 19.1. The first kappa shape index (κ1) is 16.9. The van der Waals surface area contributed by atoms with Crippen molar-refractivity contribution in [2.75, 3.05) is 20.7 Å². The second-order valence-corrected chi connectivity index (χ2v) is 5.73. The van der Waals surface area contributed by atoms with Gasteiger partial charge in [0.05, 0.1) is 18.9 Å². The van der Waals surface area contributed by atoms with E-state index in [0.29, 0.717) is 6.54 Å². The Hall–Kier alpha value is -2.43. The zero-order chi connectivity index (χ0) is 16.8. The fraction of sp³-hybridized carbons (Fsp3) is 0.333. The van der Waals surface area contributed by atoms with Crippen molar-refractivity contribution < 1.29 is 13.9 Å². The standard InChI is InChI=1S/C18H21FN2O2/c1-13(8-14-4-6-17(23-3)7-5-14)12-21(2)18(22)15-9-16(19)11-20-10-15/h4-7,9-11,13H,8,12H2,1-3H3. The van der Waals surface area contributed by atoms with Gasteiger partial charge in [-0.05, 0) is 36.1 Å². The molecule has 0 aliphatic rings. The number of methoxy groups -OCH3 is 1. The molecule has 1 atom stereocenters. The van der Waals surface area contributed by atoms with Crippen molar-refractivity contribution in [3.63, 3.8) is 0 Å². The minimum Gasteiger partial charge on any atom is -0.497 e. The predicted molar refractivity (Wildman–Crippen MR) is 87.0 cm³/mol. The Morgan fingerprint density at radius 3 is 2.61 bits per heavy atom. The van der Waals surface area contributed by atoms with Gasteiger partial charge in [0.2, 0.25) is 0 Å². The van der Waals surface area contributed by atoms with Crippen molar-refractivity contribution in [3.05, 3.63) is 59.7 Å². The fourth-order valence-corrected chi connectivity index (χ4v) is 2.53. The van der Waals surface area contributed by atoms with Gasteiger partial charge in [0.25, 0.3) is 5.91 Å². The summed E-state index contributed by atoms with van der Waals surface area (Å²) in [5.74, 6) is 0.375. The van der Waals surface area contributed by atoms with E-state index in [1.54, 1.807) is 19.1 Å². The van der Waals surface area contributed by atoms with Gasteiger partial charge >= 0.3 is 0 Å². The van der Waals surface area contributed by atoms with Gasteiger partial charge in [-0.3, -0.25) is 9.78 Å². The van der Waals surface area contributed by atoms with Crippen LogP contribution in [0.3, 0.4) is 0 Å². The van der Waals surface area contributed by atoms with E-state index in [-0.39, 0.29) is 17.4 Å². The highest BCUT2D eigenvalue weighted by Gasteiger charge is 2.15. The van der Waals surface area contributed by atoms with Crippen LogP contribution in [0.5, 0.6) is 5.75 Å². The van der Waals surface area contributed by atoms with Crippen molar-refractivity contribution in [2.24, 2.45) is 5.92 Å². The van der Waals surface area contributed by atoms with Crippen LogP contribution >= 0.6 is 0 Å². The summed E-state index contributed by atoms with van der Waals surface area (Å²) in [5, 5.41) is 0. The van der Waals surface area contributed by atoms with Gasteiger partial charge in [-0.25, -0.2) is 4.39 Å². The summed E-state index contributed by atoms with van der Waals surface area (Å²) in [5.41, 5.74) is 1.45. The van der Waals surface area contributed by atoms with Crippen LogP contribution in [0.25, 0.3) is 0 Å². The van der Waals surface area contributed by atoms with Gasteiger partial charge in [0, 0.05) is 19.8 Å². The average Bonchev–Trinajstić information content (AvgIpc) is 2.54. The molecule has 4 nitrogen and oxygen atoms in total. The monoisotopic (exact) mass is 316 g/mol. The molecule has 0 aliphatic heterocycles. The Kier molecular flexibility index (Phi) is 5.68. The van der Waals surface area contributed by atoms with Crippen LogP contribution in [0.1, 0.15) is 22.8 Å². The maximum atomic E-state index is 13.2. The van der Waals surface area contributed by atoms with Gasteiger partial charge in [0.1, 0.15) is 11.6 Å². The molecule has 0 fully saturated rings. The van der Waals surface area contributed by atoms with E-state index >= 15 is 0 Å². The average molecular weight is 316 g/mol. The molecule has 1 aromatic heterocycles. The Labute approximate surface area is 135 Å². The maximum absolute atomic E-state index is 13.2. The van der Waals surface area contributed by atoms with Crippen molar-refractivity contribution in [1.29, 1.82) is 0 Å². The SMILES string of the molecule is COc1ccc(CC(C)CN(C)C(=O)c2cncc(F)c2)cc1. The third-order valence-corrected chi connectivity index (χ3v) is 3.63. The first-order valence-electron chi connectivity index (χ1n) is 7.48. The lowest BCUT2D eigenvalue weighted by Crippen LogP contribution is -2.31. The lowest BCUT2D eigenvalue weighted by Gasteiger charge is -2.21. The second-order valence-electron chi connectivity index (χ2n) is 5.73. The zero-order valence-electron chi connectivity index (χ0n) is 13.6. The summed E-state index contributed by atoms with van der Waals surface area (Å²) in [6.45, 7) is 2.67. The number of halogens is 1. The Balaban J connectivity index is 1.93. The summed E-state index contributed by atoms with van der Waals surface area (Å²) < 4.78 is 18.3. The summed E-state index contributed by atoms with van der Waals surface area (Å²) in [4.78, 5) is 17.6. The number of nitrogens with zero attached hydrogens (tertiary/aromatic N) is 2. The summed E-state index contributed by atoms with van der Waals surface area (Å²) in [6.07, 6.45) is 3.32. The van der Waals surface area contributed by atoms with Crippen molar-refractivity contribution >= 4 is 5.91 Å². The number of pyridine rings is 1. The number of benzene rings is 1. The summed E-state index contributed by atoms with van der Waals surface area (Å²) in [6, 6.07) is 9.10. The number of carbonyl (C=O) groups excluding carboxylic acids is 1. The second kappa shape index (κ2) is 7.72. The van der Waals surface area contributed by atoms with Gasteiger partial charge in [-0.2, -0.15) is 0 Å². The van der Waals surface area contributed by atoms with Crippen LogP contribution in [-0.2, 0) is 6.42 Å². The minimum atomic E-state index is -0.504. The van der Waals surface area contributed by atoms with Crippen molar-refractivity contribution in [1.82, 2.24) is 9.88 Å². The first-order chi connectivity index (χ1) is 11.0. The third-order valence-electron chi connectivity index (χ3n) is 3.63. The molecule has 1 heterocycles. The summed E-state index contributed by atoms with van der Waals surface area (Å²) in [7, 11) is 3.36. The van der Waals surface area contributed by atoms with Crippen LogP contribution < -0.4 is 4.74 Å². The maximum Gasteiger partial charge on any atom is 0.255 e. The van der Waals surface area contributed by atoms with Crippen LogP contribution in [-0.4, -0.2) is 36.5 Å². The van der Waals surface area contributed by atoms with Gasteiger partial charge in [0.15, 0.2) is 0 Å². The number of amides is 1. The number of aromatic nitrogens is 1. The lowest BCUT2D eigenvalue weighted by molar-refractivity contribution is 0.0774. The lowest BCUT2D eigenvalue weighted by atomic mass is 10.0. The Morgan fingerprint density at radius 2 is 2.00 bits per heavy atom. The summed E-state index contributed by atoms with van der Waals surface area (Å²) >= 11 is 0. The van der Waals surface area contributed by atoms with Crippen LogP contribution in [0.15, 0.2) is 42.7 Å². The van der Waals surface area contributed by atoms with E-state index in [2.05, 4.69) is 11.9 Å². The van der Waals surface area contributed by atoms with E-state index in [4.69, 9.17) is 4.74 Å². The fourth-order valence-electron chi connectivity index (χ4n) is 2.53. The molecule has 0 spiro atoms. The quantitative estimate of drug-likeness (QED) is 0.822. The molecule has 1 aromatic carbocycles. The van der Waals surface area contributed by atoms with E-state index in [1.807, 2.05) is 24.3 Å². The molecule has 0 aliphatic carbocycles.